The van der Waals surface area contributed by atoms with Crippen LogP contribution in [0.25, 0.3) is 22.2 Å². The fraction of sp³-hybridized carbons (Fsp3) is 0.423. The number of benzene rings is 1. The zero-order valence-electron chi connectivity index (χ0n) is 19.5. The minimum Gasteiger partial charge on any atom is -0.496 e. The van der Waals surface area contributed by atoms with Crippen LogP contribution >= 0.6 is 0 Å². The number of Topliss-reactive ketones (excluding diaryl/α,β-unsaturated/α-hetero) is 1. The number of aromatic nitrogens is 3. The van der Waals surface area contributed by atoms with E-state index in [1.54, 1.807) is 19.5 Å². The van der Waals surface area contributed by atoms with Crippen LogP contribution in [-0.2, 0) is 6.42 Å². The number of carbonyl (C=O) groups is 2. The number of hydrogen-bond donors (Lipinski definition) is 1. The molecular weight excluding hydrogens is 416 g/mol. The van der Waals surface area contributed by atoms with Crippen LogP contribution in [0.3, 0.4) is 0 Å². The summed E-state index contributed by atoms with van der Waals surface area (Å²) in [5.74, 6) is 1.07. The molecule has 0 radical (unpaired) electrons. The van der Waals surface area contributed by atoms with Crippen molar-refractivity contribution >= 4 is 22.6 Å². The number of nitrogens with zero attached hydrogens (tertiary/aromatic N) is 3. The lowest BCUT2D eigenvalue weighted by Crippen LogP contribution is -2.25. The van der Waals surface area contributed by atoms with Crippen molar-refractivity contribution in [2.24, 2.45) is 5.92 Å². The van der Waals surface area contributed by atoms with E-state index in [9.17, 15) is 9.59 Å². The summed E-state index contributed by atoms with van der Waals surface area (Å²) < 4.78 is 5.61. The third-order valence-electron chi connectivity index (χ3n) is 6.10. The molecule has 1 aliphatic rings. The van der Waals surface area contributed by atoms with Crippen molar-refractivity contribution in [3.05, 3.63) is 47.5 Å². The number of ketones is 1. The van der Waals surface area contributed by atoms with Gasteiger partial charge < -0.3 is 10.1 Å². The van der Waals surface area contributed by atoms with Crippen LogP contribution in [0.1, 0.15) is 72.4 Å². The minimum atomic E-state index is -0.232. The number of hydrogen-bond acceptors (Lipinski definition) is 6. The first-order valence-corrected chi connectivity index (χ1v) is 11.7. The summed E-state index contributed by atoms with van der Waals surface area (Å²) in [6, 6.07) is 3.84. The van der Waals surface area contributed by atoms with Crippen molar-refractivity contribution in [2.45, 2.75) is 52.4 Å². The summed E-state index contributed by atoms with van der Waals surface area (Å²) >= 11 is 0. The van der Waals surface area contributed by atoms with Crippen LogP contribution in [0.2, 0.25) is 0 Å². The lowest BCUT2D eigenvalue weighted by Gasteiger charge is -2.14. The number of fused-ring (bicyclic) bond motifs is 1. The summed E-state index contributed by atoms with van der Waals surface area (Å²) in [6.45, 7) is 4.74. The predicted octanol–water partition coefficient (Wildman–Crippen LogP) is 4.78. The molecule has 0 bridgehead atoms. The van der Waals surface area contributed by atoms with Gasteiger partial charge in [-0.3, -0.25) is 19.6 Å². The van der Waals surface area contributed by atoms with E-state index in [1.807, 2.05) is 12.1 Å². The van der Waals surface area contributed by atoms with Crippen LogP contribution in [0.5, 0.6) is 5.75 Å². The Hall–Kier alpha value is -3.35. The second-order valence-electron chi connectivity index (χ2n) is 8.54. The van der Waals surface area contributed by atoms with Gasteiger partial charge in [-0.2, -0.15) is 0 Å². The molecule has 3 aromatic rings. The van der Waals surface area contributed by atoms with Gasteiger partial charge in [0.15, 0.2) is 5.78 Å². The number of nitrogens with one attached hydrogen (secondary N) is 1. The molecule has 1 aliphatic carbocycles. The van der Waals surface area contributed by atoms with Crippen LogP contribution in [0.15, 0.2) is 30.7 Å². The number of pyridine rings is 1. The molecule has 2 heterocycles. The van der Waals surface area contributed by atoms with Gasteiger partial charge in [-0.15, -0.1) is 0 Å². The van der Waals surface area contributed by atoms with Crippen molar-refractivity contribution in [3.63, 3.8) is 0 Å². The molecule has 0 spiro atoms. The van der Waals surface area contributed by atoms with E-state index >= 15 is 0 Å². The fourth-order valence-electron chi connectivity index (χ4n) is 4.01. The van der Waals surface area contributed by atoms with E-state index < -0.39 is 0 Å². The normalized spacial score (nSPS) is 13.2. The Kier molecular flexibility index (Phi) is 6.96. The molecule has 1 saturated carbocycles. The second-order valence-corrected chi connectivity index (χ2v) is 8.54. The summed E-state index contributed by atoms with van der Waals surface area (Å²) in [7, 11) is 1.60. The van der Waals surface area contributed by atoms with Crippen LogP contribution in [0.4, 0.5) is 0 Å². The van der Waals surface area contributed by atoms with Crippen molar-refractivity contribution in [1.82, 2.24) is 20.3 Å². The molecule has 7 heteroatoms. The molecule has 33 heavy (non-hydrogen) atoms. The van der Waals surface area contributed by atoms with Gasteiger partial charge >= 0.3 is 0 Å². The molecule has 4 rings (SSSR count). The van der Waals surface area contributed by atoms with Crippen LogP contribution < -0.4 is 10.1 Å². The average Bonchev–Trinajstić information content (AvgIpc) is 3.66. The highest BCUT2D eigenvalue weighted by molar-refractivity contribution is 6.02. The molecule has 0 saturated heterocycles. The molecule has 1 fully saturated rings. The summed E-state index contributed by atoms with van der Waals surface area (Å²) in [5, 5.41) is 3.76. The predicted molar refractivity (Wildman–Crippen MR) is 128 cm³/mol. The van der Waals surface area contributed by atoms with Crippen molar-refractivity contribution < 1.29 is 14.3 Å². The third-order valence-corrected chi connectivity index (χ3v) is 6.10. The summed E-state index contributed by atoms with van der Waals surface area (Å²) in [6.07, 6.45) is 10.3. The maximum Gasteiger partial charge on any atom is 0.271 e. The van der Waals surface area contributed by atoms with Gasteiger partial charge in [-0.05, 0) is 43.2 Å². The van der Waals surface area contributed by atoms with Crippen molar-refractivity contribution in [3.8, 4) is 17.0 Å². The van der Waals surface area contributed by atoms with E-state index in [-0.39, 0.29) is 17.4 Å². The van der Waals surface area contributed by atoms with E-state index in [0.717, 1.165) is 54.1 Å². The SMILES string of the molecule is CCCCNC(=O)c1cnc(-c2cc3c(CC)c(C(=O)CC4CC4)cnc3cc2OC)cn1. The van der Waals surface area contributed by atoms with Gasteiger partial charge in [0, 0.05) is 41.7 Å². The Morgan fingerprint density at radius 3 is 2.55 bits per heavy atom. The average molecular weight is 447 g/mol. The standard InChI is InChI=1S/C26H30N4O3/c1-4-6-9-27-26(32)23-15-29-22(14-30-23)19-11-18-17(5-2)20(24(31)10-16-7-8-16)13-28-21(18)12-25(19)33-3/h11-16H,4-10H2,1-3H3,(H,27,32). The molecule has 0 aliphatic heterocycles. The molecule has 172 valence electrons. The van der Waals surface area contributed by atoms with Gasteiger partial charge in [0.05, 0.1) is 30.7 Å². The van der Waals surface area contributed by atoms with E-state index in [2.05, 4.69) is 34.1 Å². The maximum atomic E-state index is 12.9. The second kappa shape index (κ2) is 10.1. The smallest absolute Gasteiger partial charge is 0.271 e. The molecule has 0 unspecified atom stereocenters. The Labute approximate surface area is 194 Å². The highest BCUT2D eigenvalue weighted by atomic mass is 16.5. The largest absolute Gasteiger partial charge is 0.496 e. The monoisotopic (exact) mass is 446 g/mol. The topological polar surface area (TPSA) is 94.1 Å². The first-order chi connectivity index (χ1) is 16.0. The molecule has 7 nitrogen and oxygen atoms in total. The zero-order chi connectivity index (χ0) is 23.4. The number of aryl methyl sites for hydroxylation is 1. The van der Waals surface area contributed by atoms with Crippen molar-refractivity contribution in [1.29, 1.82) is 0 Å². The first-order valence-electron chi connectivity index (χ1n) is 11.7. The minimum absolute atomic E-state index is 0.166. The third kappa shape index (κ3) is 5.02. The zero-order valence-corrected chi connectivity index (χ0v) is 19.5. The lowest BCUT2D eigenvalue weighted by molar-refractivity contribution is 0.0945. The van der Waals surface area contributed by atoms with Gasteiger partial charge in [0.2, 0.25) is 0 Å². The van der Waals surface area contributed by atoms with E-state index in [0.29, 0.717) is 35.9 Å². The Bertz CT molecular complexity index is 1170. The first kappa shape index (κ1) is 22.8. The molecule has 1 amide bonds. The molecule has 1 N–H and O–H groups in total. The number of amides is 1. The van der Waals surface area contributed by atoms with Crippen molar-refractivity contribution in [2.75, 3.05) is 13.7 Å². The van der Waals surface area contributed by atoms with Gasteiger partial charge in [0.1, 0.15) is 11.4 Å². The van der Waals surface area contributed by atoms with Crippen LogP contribution in [0, 0.1) is 5.92 Å². The Morgan fingerprint density at radius 2 is 1.91 bits per heavy atom. The number of methoxy groups -OCH3 is 1. The molecule has 0 atom stereocenters. The van der Waals surface area contributed by atoms with Gasteiger partial charge in [-0.25, -0.2) is 4.98 Å². The van der Waals surface area contributed by atoms with E-state index in [1.165, 1.54) is 6.20 Å². The quantitative estimate of drug-likeness (QED) is 0.356. The van der Waals surface area contributed by atoms with Gasteiger partial charge in [-0.1, -0.05) is 20.3 Å². The summed E-state index contributed by atoms with van der Waals surface area (Å²) in [5.41, 5.74) is 4.09. The molecular formula is C26H30N4O3. The van der Waals surface area contributed by atoms with Gasteiger partial charge in [0.25, 0.3) is 5.91 Å². The summed E-state index contributed by atoms with van der Waals surface area (Å²) in [4.78, 5) is 38.5. The fourth-order valence-corrected chi connectivity index (χ4v) is 4.01. The number of carbonyl (C=O) groups excluding carboxylic acids is 2. The highest BCUT2D eigenvalue weighted by Crippen LogP contribution is 2.37. The molecule has 2 aromatic heterocycles. The number of unbranched alkanes of at least 4 members (excludes halogenated alkanes) is 1. The highest BCUT2D eigenvalue weighted by Gasteiger charge is 2.26. The van der Waals surface area contributed by atoms with E-state index in [4.69, 9.17) is 4.74 Å². The maximum absolute atomic E-state index is 12.9. The number of ether oxygens (including phenoxy) is 1. The number of rotatable bonds is 10. The Balaban J connectivity index is 1.70. The van der Waals surface area contributed by atoms with Crippen LogP contribution in [-0.4, -0.2) is 40.3 Å². The molecule has 1 aromatic carbocycles. The lowest BCUT2D eigenvalue weighted by atomic mass is 9.94. The Morgan fingerprint density at radius 1 is 1.09 bits per heavy atom.